The van der Waals surface area contributed by atoms with Crippen molar-refractivity contribution in [2.45, 2.75) is 57.5 Å². The molecule has 1 fully saturated rings. The molecule has 0 spiro atoms. The molecule has 2 aromatic heterocycles. The number of imidazole rings is 1. The summed E-state index contributed by atoms with van der Waals surface area (Å²) >= 11 is 0. The molecule has 1 aromatic carbocycles. The molecule has 0 amide bonds. The van der Waals surface area contributed by atoms with Crippen LogP contribution in [0.4, 0.5) is 11.8 Å². The van der Waals surface area contributed by atoms with Gasteiger partial charge in [-0.05, 0) is 43.5 Å². The average Bonchev–Trinajstić information content (AvgIpc) is 3.40. The van der Waals surface area contributed by atoms with Crippen LogP contribution in [-0.2, 0) is 23.4 Å². The first-order valence-corrected chi connectivity index (χ1v) is 13.6. The van der Waals surface area contributed by atoms with Crippen molar-refractivity contribution in [3.63, 3.8) is 0 Å². The van der Waals surface area contributed by atoms with Crippen molar-refractivity contribution in [1.82, 2.24) is 24.6 Å². The number of esters is 1. The molecule has 1 unspecified atom stereocenters. The quantitative estimate of drug-likeness (QED) is 0.0840. The van der Waals surface area contributed by atoms with Gasteiger partial charge in [-0.2, -0.15) is 5.09 Å². The molecule has 4 rings (SSSR count). The number of aliphatic hydroxyl groups excluding tert-OH is 2. The highest BCUT2D eigenvalue weighted by molar-refractivity contribution is 7.52. The Balaban J connectivity index is 1.57. The summed E-state index contributed by atoms with van der Waals surface area (Å²) in [5, 5.41) is 27.6. The zero-order valence-electron chi connectivity index (χ0n) is 21.6. The van der Waals surface area contributed by atoms with Crippen molar-refractivity contribution >= 4 is 36.6 Å². The van der Waals surface area contributed by atoms with E-state index in [2.05, 4.69) is 30.1 Å². The molecule has 214 valence electrons. The lowest BCUT2D eigenvalue weighted by Crippen LogP contribution is -2.38. The molecule has 17 nitrogen and oxygen atoms in total. The highest BCUT2D eigenvalue weighted by atomic mass is 31.2. The summed E-state index contributed by atoms with van der Waals surface area (Å²) in [5.41, 5.74) is 15.0. The van der Waals surface area contributed by atoms with Gasteiger partial charge in [0.1, 0.15) is 36.4 Å². The second-order valence-corrected chi connectivity index (χ2v) is 10.7. The normalized spacial score (nSPS) is 22.9. The van der Waals surface area contributed by atoms with Crippen molar-refractivity contribution in [2.24, 2.45) is 5.11 Å². The lowest BCUT2D eigenvalue weighted by atomic mass is 10.1. The number of aromatic nitrogens is 4. The van der Waals surface area contributed by atoms with Crippen LogP contribution in [0.2, 0.25) is 0 Å². The van der Waals surface area contributed by atoms with E-state index in [1.165, 1.54) is 19.1 Å². The van der Waals surface area contributed by atoms with E-state index in [0.29, 0.717) is 0 Å². The smallest absolute Gasteiger partial charge is 0.459 e. The van der Waals surface area contributed by atoms with Gasteiger partial charge in [-0.25, -0.2) is 19.5 Å². The molecule has 40 heavy (non-hydrogen) atoms. The molecule has 1 aliphatic heterocycles. The van der Waals surface area contributed by atoms with Gasteiger partial charge < -0.3 is 29.9 Å². The van der Waals surface area contributed by atoms with Gasteiger partial charge in [-0.1, -0.05) is 18.2 Å². The molecular formula is C22H28N9O8P. The van der Waals surface area contributed by atoms with Crippen LogP contribution in [0.1, 0.15) is 27.0 Å². The van der Waals surface area contributed by atoms with Crippen molar-refractivity contribution in [3.8, 4) is 5.75 Å². The largest absolute Gasteiger partial charge is 0.462 e. The third-order valence-corrected chi connectivity index (χ3v) is 7.29. The number of hydrogen-bond acceptors (Lipinski definition) is 13. The second-order valence-electron chi connectivity index (χ2n) is 8.98. The molecule has 5 N–H and O–H groups in total. The average molecular weight is 577 g/mol. The van der Waals surface area contributed by atoms with Gasteiger partial charge in [0.25, 0.3) is 0 Å². The van der Waals surface area contributed by atoms with E-state index < -0.39 is 57.0 Å². The Hall–Kier alpha value is -3.82. The number of nitrogens with zero attached hydrogens (tertiary/aromatic N) is 7. The molecule has 3 heterocycles. The molecule has 18 heteroatoms. The highest BCUT2D eigenvalue weighted by Gasteiger charge is 2.46. The van der Waals surface area contributed by atoms with Gasteiger partial charge in [-0.15, -0.1) is 0 Å². The van der Waals surface area contributed by atoms with E-state index >= 15 is 0 Å². The zero-order valence-corrected chi connectivity index (χ0v) is 22.5. The van der Waals surface area contributed by atoms with Crippen LogP contribution in [-0.4, -0.2) is 72.8 Å². The number of aliphatic hydroxyl groups is 2. The third kappa shape index (κ3) is 6.32. The van der Waals surface area contributed by atoms with Gasteiger partial charge in [0.15, 0.2) is 23.2 Å². The van der Waals surface area contributed by atoms with Gasteiger partial charge >= 0.3 is 13.7 Å². The molecule has 6 atom stereocenters. The van der Waals surface area contributed by atoms with Crippen LogP contribution in [0, 0.1) is 0 Å². The number of anilines is 1. The van der Waals surface area contributed by atoms with Crippen LogP contribution in [0.5, 0.6) is 5.75 Å². The predicted molar refractivity (Wildman–Crippen MR) is 139 cm³/mol. The van der Waals surface area contributed by atoms with Crippen LogP contribution in [0.25, 0.3) is 21.6 Å². The summed E-state index contributed by atoms with van der Waals surface area (Å²) in [4.78, 5) is 27.1. The lowest BCUT2D eigenvalue weighted by Gasteiger charge is -2.25. The number of nitrogens with two attached hydrogens (primary N) is 1. The molecule has 0 aliphatic carbocycles. The number of fused-ring (bicyclic) bond motifs is 1. The number of carbonyl (C=O) groups is 1. The molecule has 1 aliphatic rings. The van der Waals surface area contributed by atoms with E-state index in [0.717, 1.165) is 10.9 Å². The van der Waals surface area contributed by atoms with Gasteiger partial charge in [0, 0.05) is 4.91 Å². The summed E-state index contributed by atoms with van der Waals surface area (Å²) < 4.78 is 37.0. The monoisotopic (exact) mass is 577 g/mol. The fraction of sp³-hybridized carbons (Fsp3) is 0.455. The fourth-order valence-electron chi connectivity index (χ4n) is 3.85. The number of azide groups is 1. The number of hydrogen-bond donors (Lipinski definition) is 4. The van der Waals surface area contributed by atoms with Crippen LogP contribution < -0.4 is 15.3 Å². The van der Waals surface area contributed by atoms with Crippen LogP contribution in [0.15, 0.2) is 41.8 Å². The van der Waals surface area contributed by atoms with Crippen LogP contribution in [0.3, 0.4) is 0 Å². The maximum atomic E-state index is 13.7. The topological polar surface area (TPSA) is 242 Å². The number of para-hydroxylation sites is 1. The van der Waals surface area contributed by atoms with Crippen molar-refractivity contribution in [2.75, 3.05) is 12.3 Å². The summed E-state index contributed by atoms with van der Waals surface area (Å²) in [6.45, 7) is 4.20. The Morgan fingerprint density at radius 1 is 1.27 bits per heavy atom. The number of nitrogen functional groups attached to an aromatic ring is 1. The molecule has 0 bridgehead atoms. The Morgan fingerprint density at radius 3 is 2.67 bits per heavy atom. The third-order valence-electron chi connectivity index (χ3n) is 5.65. The summed E-state index contributed by atoms with van der Waals surface area (Å²) in [7, 11) is -4.29. The number of benzene rings is 1. The number of carbonyl (C=O) groups excluding carboxylic acids is 1. The zero-order chi connectivity index (χ0) is 29.0. The first-order valence-electron chi connectivity index (χ1n) is 12.1. The van der Waals surface area contributed by atoms with Crippen LogP contribution >= 0.6 is 7.75 Å². The minimum absolute atomic E-state index is 0.0127. The van der Waals surface area contributed by atoms with Crippen molar-refractivity contribution in [1.29, 1.82) is 0 Å². The molecule has 3 aromatic rings. The SMILES string of the molecule is CC(C)OC(=O)[C@@H](C)NP(=O)(OC[C@H]1O[C@@H](n2c(N=[N+]=[N-])nc3c(N)ncnc32)[C@H](O)[C@@H]1O)Oc1ccccc1. The van der Waals surface area contributed by atoms with E-state index in [-0.39, 0.29) is 28.7 Å². The number of rotatable bonds is 11. The Kier molecular flexibility index (Phi) is 8.85. The van der Waals surface area contributed by atoms with Gasteiger partial charge in [0.2, 0.25) is 5.95 Å². The molecule has 0 radical (unpaired) electrons. The predicted octanol–water partition coefficient (Wildman–Crippen LogP) is 2.10. The Morgan fingerprint density at radius 2 is 2.00 bits per heavy atom. The standard InChI is InChI=1S/C22H28N9O8P/c1-11(2)37-21(34)12(3)29-40(35,39-13-7-5-4-6-8-13)36-9-14-16(32)17(33)20(38-14)31-19-15(18(23)25-10-26-19)27-22(31)28-30-24/h4-8,10-12,14,16-17,20,32-33H,9H2,1-3H3,(H,29,35)(H2,23,25,26)/t12-,14-,16-,17-,20-,40?/m1/s1. The lowest BCUT2D eigenvalue weighted by molar-refractivity contribution is -0.149. The molecule has 1 saturated heterocycles. The van der Waals surface area contributed by atoms with E-state index in [4.69, 9.17) is 29.8 Å². The maximum Gasteiger partial charge on any atom is 0.459 e. The minimum atomic E-state index is -4.29. The van der Waals surface area contributed by atoms with Gasteiger partial charge in [-0.3, -0.25) is 13.9 Å². The Bertz CT molecular complexity index is 1450. The molecular weight excluding hydrogens is 549 g/mol. The number of ether oxygens (including phenoxy) is 2. The summed E-state index contributed by atoms with van der Waals surface area (Å²) in [6, 6.07) is 6.98. The van der Waals surface area contributed by atoms with Gasteiger partial charge in [0.05, 0.1) is 12.7 Å². The second kappa shape index (κ2) is 12.1. The summed E-state index contributed by atoms with van der Waals surface area (Å²) in [5.74, 6) is -0.780. The highest BCUT2D eigenvalue weighted by Crippen LogP contribution is 2.46. The first kappa shape index (κ1) is 29.2. The maximum absolute atomic E-state index is 13.7. The Labute approximate surface area is 227 Å². The van der Waals surface area contributed by atoms with E-state index in [1.807, 2.05) is 0 Å². The summed E-state index contributed by atoms with van der Waals surface area (Å²) in [6.07, 6.45) is -5.04. The van der Waals surface area contributed by atoms with E-state index in [9.17, 15) is 19.6 Å². The van der Waals surface area contributed by atoms with Crippen molar-refractivity contribution in [3.05, 3.63) is 47.1 Å². The minimum Gasteiger partial charge on any atom is -0.462 e. The molecule has 0 saturated carbocycles. The van der Waals surface area contributed by atoms with Crippen molar-refractivity contribution < 1.29 is 38.1 Å². The first-order chi connectivity index (χ1) is 19.0. The number of nitrogens with one attached hydrogen (secondary N) is 1. The van der Waals surface area contributed by atoms with E-state index in [1.54, 1.807) is 32.0 Å². The fourth-order valence-corrected chi connectivity index (χ4v) is 5.35.